The van der Waals surface area contributed by atoms with E-state index in [1.54, 1.807) is 13.3 Å². The Morgan fingerprint density at radius 2 is 1.88 bits per heavy atom. The molecule has 0 amide bonds. The normalized spacial score (nSPS) is 10.1. The minimum atomic E-state index is 0.779. The quantitative estimate of drug-likeness (QED) is 0.799. The van der Waals surface area contributed by atoms with Crippen molar-refractivity contribution in [3.05, 3.63) is 48.2 Å². The first-order valence-corrected chi connectivity index (χ1v) is 6.11. The van der Waals surface area contributed by atoms with Crippen molar-refractivity contribution >= 4 is 15.9 Å². The Labute approximate surface area is 103 Å². The maximum atomic E-state index is 5.07. The zero-order valence-electron chi connectivity index (χ0n) is 8.98. The van der Waals surface area contributed by atoms with Crippen LogP contribution in [0.1, 0.15) is 5.56 Å². The maximum absolute atomic E-state index is 5.07. The van der Waals surface area contributed by atoms with Gasteiger partial charge in [0.25, 0.3) is 0 Å². The van der Waals surface area contributed by atoms with Gasteiger partial charge in [0.1, 0.15) is 5.75 Å². The lowest BCUT2D eigenvalue weighted by atomic mass is 10.1. The predicted octanol–water partition coefficient (Wildman–Crippen LogP) is 3.65. The fourth-order valence-electron chi connectivity index (χ4n) is 1.44. The van der Waals surface area contributed by atoms with Crippen molar-refractivity contribution in [1.29, 1.82) is 0 Å². The van der Waals surface area contributed by atoms with Gasteiger partial charge in [-0.1, -0.05) is 40.2 Å². The molecule has 0 aliphatic carbocycles. The molecule has 1 aromatic carbocycles. The molecule has 2 rings (SSSR count). The first-order valence-electron chi connectivity index (χ1n) is 4.99. The van der Waals surface area contributed by atoms with Crippen LogP contribution in [0.5, 0.6) is 5.75 Å². The van der Waals surface area contributed by atoms with Crippen molar-refractivity contribution in [3.8, 4) is 17.0 Å². The van der Waals surface area contributed by atoms with Crippen molar-refractivity contribution in [2.24, 2.45) is 0 Å². The number of alkyl halides is 1. The highest BCUT2D eigenvalue weighted by Crippen LogP contribution is 2.20. The van der Waals surface area contributed by atoms with Gasteiger partial charge in [-0.25, -0.2) is 0 Å². The van der Waals surface area contributed by atoms with Gasteiger partial charge < -0.3 is 4.74 Å². The molecule has 0 saturated heterocycles. The molecule has 3 heteroatoms. The smallest absolute Gasteiger partial charge is 0.137 e. The molecule has 0 saturated carbocycles. The topological polar surface area (TPSA) is 22.1 Å². The number of hydrogen-bond donors (Lipinski definition) is 0. The van der Waals surface area contributed by atoms with Gasteiger partial charge in [-0.2, -0.15) is 0 Å². The van der Waals surface area contributed by atoms with Crippen LogP contribution in [0.25, 0.3) is 11.3 Å². The Morgan fingerprint density at radius 3 is 2.38 bits per heavy atom. The molecule has 0 bridgehead atoms. The number of methoxy groups -OCH3 is 1. The lowest BCUT2D eigenvalue weighted by Crippen LogP contribution is -1.87. The highest BCUT2D eigenvalue weighted by atomic mass is 79.9. The van der Waals surface area contributed by atoms with Crippen LogP contribution >= 0.6 is 15.9 Å². The van der Waals surface area contributed by atoms with E-state index in [0.29, 0.717) is 0 Å². The molecule has 1 aromatic heterocycles. The summed E-state index contributed by atoms with van der Waals surface area (Å²) >= 11 is 3.42. The summed E-state index contributed by atoms with van der Waals surface area (Å²) in [5.74, 6) is 0.779. The van der Waals surface area contributed by atoms with E-state index in [4.69, 9.17) is 4.74 Å². The molecular weight excluding hydrogens is 266 g/mol. The summed E-state index contributed by atoms with van der Waals surface area (Å²) in [5, 5.41) is 0.878. The van der Waals surface area contributed by atoms with E-state index in [9.17, 15) is 0 Å². The number of hydrogen-bond acceptors (Lipinski definition) is 2. The predicted molar refractivity (Wildman–Crippen MR) is 68.9 cm³/mol. The molecule has 0 N–H and O–H groups in total. The molecule has 0 aliphatic rings. The third-order valence-electron chi connectivity index (χ3n) is 2.38. The van der Waals surface area contributed by atoms with Crippen LogP contribution < -0.4 is 4.74 Å². The second kappa shape index (κ2) is 5.12. The van der Waals surface area contributed by atoms with E-state index in [-0.39, 0.29) is 0 Å². The van der Waals surface area contributed by atoms with Crippen molar-refractivity contribution < 1.29 is 4.74 Å². The van der Waals surface area contributed by atoms with Gasteiger partial charge in [0.2, 0.25) is 0 Å². The molecule has 0 aliphatic heterocycles. The van der Waals surface area contributed by atoms with Crippen LogP contribution in [-0.4, -0.2) is 12.1 Å². The number of benzene rings is 1. The second-order valence-electron chi connectivity index (χ2n) is 3.41. The van der Waals surface area contributed by atoms with Crippen LogP contribution in [0.3, 0.4) is 0 Å². The molecule has 0 atom stereocenters. The summed E-state index contributed by atoms with van der Waals surface area (Å²) in [6.07, 6.45) is 1.73. The number of pyridine rings is 1. The summed E-state index contributed by atoms with van der Waals surface area (Å²) in [6.45, 7) is 0. The molecular formula is C13H12BrNO. The Hall–Kier alpha value is -1.35. The van der Waals surface area contributed by atoms with E-state index in [2.05, 4.69) is 45.2 Å². The van der Waals surface area contributed by atoms with Crippen LogP contribution in [0.15, 0.2) is 42.6 Å². The van der Waals surface area contributed by atoms with Crippen LogP contribution in [-0.2, 0) is 5.33 Å². The monoisotopic (exact) mass is 277 g/mol. The number of nitrogens with zero attached hydrogens (tertiary/aromatic N) is 1. The number of aromatic nitrogens is 1. The standard InChI is InChI=1S/C13H12BrNO/c1-16-12-6-7-13(15-9-12)11-4-2-10(8-14)3-5-11/h2-7,9H,8H2,1H3. The zero-order valence-corrected chi connectivity index (χ0v) is 10.6. The lowest BCUT2D eigenvalue weighted by molar-refractivity contribution is 0.413. The van der Waals surface area contributed by atoms with E-state index in [0.717, 1.165) is 22.3 Å². The summed E-state index contributed by atoms with van der Waals surface area (Å²) in [7, 11) is 1.64. The molecule has 0 unspecified atom stereocenters. The highest BCUT2D eigenvalue weighted by Gasteiger charge is 1.99. The first kappa shape index (κ1) is 11.1. The number of rotatable bonds is 3. The largest absolute Gasteiger partial charge is 0.495 e. The summed E-state index contributed by atoms with van der Waals surface area (Å²) in [6, 6.07) is 12.2. The number of ether oxygens (including phenoxy) is 1. The SMILES string of the molecule is COc1ccc(-c2ccc(CBr)cc2)nc1. The molecule has 1 heterocycles. The molecule has 2 nitrogen and oxygen atoms in total. The van der Waals surface area contributed by atoms with Crippen LogP contribution in [0.4, 0.5) is 0 Å². The van der Waals surface area contributed by atoms with Crippen molar-refractivity contribution in [2.75, 3.05) is 7.11 Å². The average Bonchev–Trinajstić information content (AvgIpc) is 2.39. The highest BCUT2D eigenvalue weighted by molar-refractivity contribution is 9.08. The number of halogens is 1. The van der Waals surface area contributed by atoms with E-state index >= 15 is 0 Å². The minimum Gasteiger partial charge on any atom is -0.495 e. The van der Waals surface area contributed by atoms with Gasteiger partial charge in [-0.15, -0.1) is 0 Å². The lowest BCUT2D eigenvalue weighted by Gasteiger charge is -2.03. The Balaban J connectivity index is 2.28. The Bertz CT molecular complexity index is 405. The fourth-order valence-corrected chi connectivity index (χ4v) is 1.81. The van der Waals surface area contributed by atoms with Crippen molar-refractivity contribution in [1.82, 2.24) is 4.98 Å². The third kappa shape index (κ3) is 2.42. The van der Waals surface area contributed by atoms with Gasteiger partial charge in [0.15, 0.2) is 0 Å². The molecule has 16 heavy (non-hydrogen) atoms. The van der Waals surface area contributed by atoms with Crippen molar-refractivity contribution in [3.63, 3.8) is 0 Å². The Kier molecular flexibility index (Phi) is 3.57. The van der Waals surface area contributed by atoms with Crippen LogP contribution in [0, 0.1) is 0 Å². The van der Waals surface area contributed by atoms with E-state index in [1.165, 1.54) is 5.56 Å². The zero-order chi connectivity index (χ0) is 11.4. The minimum absolute atomic E-state index is 0.779. The van der Waals surface area contributed by atoms with Gasteiger partial charge in [0.05, 0.1) is 19.0 Å². The van der Waals surface area contributed by atoms with Gasteiger partial charge >= 0.3 is 0 Å². The summed E-state index contributed by atoms with van der Waals surface area (Å²) < 4.78 is 5.07. The summed E-state index contributed by atoms with van der Waals surface area (Å²) in [5.41, 5.74) is 3.34. The molecule has 0 fully saturated rings. The fraction of sp³-hybridized carbons (Fsp3) is 0.154. The van der Waals surface area contributed by atoms with E-state index < -0.39 is 0 Å². The molecule has 0 spiro atoms. The van der Waals surface area contributed by atoms with Gasteiger partial charge in [-0.05, 0) is 17.7 Å². The molecule has 82 valence electrons. The van der Waals surface area contributed by atoms with Gasteiger partial charge in [0, 0.05) is 10.9 Å². The third-order valence-corrected chi connectivity index (χ3v) is 3.02. The average molecular weight is 278 g/mol. The molecule has 2 aromatic rings. The molecule has 0 radical (unpaired) electrons. The maximum Gasteiger partial charge on any atom is 0.137 e. The second-order valence-corrected chi connectivity index (χ2v) is 3.97. The van der Waals surface area contributed by atoms with E-state index in [1.807, 2.05) is 12.1 Å². The summed E-state index contributed by atoms with van der Waals surface area (Å²) in [4.78, 5) is 4.34. The first-order chi connectivity index (χ1) is 7.83. The Morgan fingerprint density at radius 1 is 1.12 bits per heavy atom. The van der Waals surface area contributed by atoms with Gasteiger partial charge in [-0.3, -0.25) is 4.98 Å². The van der Waals surface area contributed by atoms with Crippen LogP contribution in [0.2, 0.25) is 0 Å². The van der Waals surface area contributed by atoms with Crippen molar-refractivity contribution in [2.45, 2.75) is 5.33 Å².